The van der Waals surface area contributed by atoms with E-state index in [9.17, 15) is 14.4 Å². The van der Waals surface area contributed by atoms with Crippen LogP contribution in [0.1, 0.15) is 27.7 Å². The third kappa shape index (κ3) is 4.56. The van der Waals surface area contributed by atoms with E-state index in [0.717, 1.165) is 10.6 Å². The summed E-state index contributed by atoms with van der Waals surface area (Å²) in [5.74, 6) is -0.794. The normalized spacial score (nSPS) is 30.3. The van der Waals surface area contributed by atoms with Gasteiger partial charge in [-0.05, 0) is 44.0 Å². The molecule has 0 spiro atoms. The molecule has 0 saturated carbocycles. The molecule has 3 fully saturated rings. The second kappa shape index (κ2) is 9.30. The maximum absolute atomic E-state index is 12.6. The molecule has 9 heteroatoms. The Hall–Kier alpha value is -2.65. The van der Waals surface area contributed by atoms with Gasteiger partial charge in [-0.1, -0.05) is 13.8 Å². The minimum absolute atomic E-state index is 0.171. The Balaban J connectivity index is 1.37. The highest BCUT2D eigenvalue weighted by atomic mass is 16.6. The first-order valence-electron chi connectivity index (χ1n) is 11.3. The number of fused-ring (bicyclic) bond motifs is 5. The van der Waals surface area contributed by atoms with Crippen molar-refractivity contribution >= 4 is 17.8 Å². The van der Waals surface area contributed by atoms with Crippen molar-refractivity contribution in [2.75, 3.05) is 20.3 Å². The number of hydrogen-bond donors (Lipinski definition) is 0. The molecule has 3 heterocycles. The largest absolute Gasteiger partial charge is 0.493 e. The van der Waals surface area contributed by atoms with Gasteiger partial charge in [0.05, 0.1) is 24.5 Å². The third-order valence-electron chi connectivity index (χ3n) is 6.07. The number of carbonyl (C=O) groups excluding carboxylic acids is 3. The number of amides is 2. The summed E-state index contributed by atoms with van der Waals surface area (Å²) < 4.78 is 28.8. The zero-order valence-electron chi connectivity index (χ0n) is 19.6. The smallest absolute Gasteiger partial charge is 0.344 e. The Kier molecular flexibility index (Phi) is 6.63. The molecular formula is C24H31NO8. The van der Waals surface area contributed by atoms with Crippen LogP contribution < -0.4 is 9.47 Å². The molecule has 0 aliphatic carbocycles. The van der Waals surface area contributed by atoms with Crippen LogP contribution in [0.2, 0.25) is 0 Å². The van der Waals surface area contributed by atoms with Crippen LogP contribution in [0.3, 0.4) is 0 Å². The van der Waals surface area contributed by atoms with Crippen LogP contribution in [0.5, 0.6) is 11.5 Å². The van der Waals surface area contributed by atoms with Crippen molar-refractivity contribution in [1.82, 2.24) is 4.90 Å². The van der Waals surface area contributed by atoms with Crippen LogP contribution in [0.4, 0.5) is 0 Å². The van der Waals surface area contributed by atoms with Gasteiger partial charge in [0.15, 0.2) is 12.7 Å². The van der Waals surface area contributed by atoms with Crippen molar-refractivity contribution in [3.05, 3.63) is 24.3 Å². The average Bonchev–Trinajstić information content (AvgIpc) is 3.38. The molecule has 3 saturated heterocycles. The van der Waals surface area contributed by atoms with E-state index >= 15 is 0 Å². The minimum Gasteiger partial charge on any atom is -0.493 e. The summed E-state index contributed by atoms with van der Waals surface area (Å²) in [4.78, 5) is 38.8. The van der Waals surface area contributed by atoms with Crippen molar-refractivity contribution in [2.24, 2.45) is 17.8 Å². The van der Waals surface area contributed by atoms with Crippen molar-refractivity contribution in [1.29, 1.82) is 0 Å². The Morgan fingerprint density at radius 2 is 1.48 bits per heavy atom. The highest BCUT2D eigenvalue weighted by Gasteiger charge is 2.70. The topological polar surface area (TPSA) is 101 Å². The van der Waals surface area contributed by atoms with Gasteiger partial charge in [0, 0.05) is 7.05 Å². The predicted octanol–water partition coefficient (Wildman–Crippen LogP) is 1.82. The van der Waals surface area contributed by atoms with Gasteiger partial charge in [0.1, 0.15) is 29.8 Å². The molecule has 4 rings (SSSR count). The number of rotatable bonds is 9. The maximum Gasteiger partial charge on any atom is 0.344 e. The van der Waals surface area contributed by atoms with E-state index in [2.05, 4.69) is 13.8 Å². The van der Waals surface area contributed by atoms with Gasteiger partial charge < -0.3 is 23.7 Å². The molecule has 2 bridgehead atoms. The van der Waals surface area contributed by atoms with Crippen LogP contribution in [0.25, 0.3) is 0 Å². The van der Waals surface area contributed by atoms with E-state index in [-0.39, 0.29) is 24.5 Å². The lowest BCUT2D eigenvalue weighted by molar-refractivity contribution is -0.167. The van der Waals surface area contributed by atoms with Crippen molar-refractivity contribution in [2.45, 2.75) is 58.2 Å². The monoisotopic (exact) mass is 461 g/mol. The first-order valence-corrected chi connectivity index (χ1v) is 11.3. The minimum atomic E-state index is -0.787. The van der Waals surface area contributed by atoms with Gasteiger partial charge in [-0.25, -0.2) is 4.79 Å². The van der Waals surface area contributed by atoms with E-state index in [1.807, 2.05) is 13.8 Å². The standard InChI is InChI=1S/C24H31NO8/c1-12(2)10-29-14-6-8-15(9-7-14)30-11-16(26)32-22-20-18-17(23(27)25(5)24(18)28)19(33-20)21(22)31-13(3)4/h6-9,12-13,17-22H,10-11H2,1-5H3/t17?,18?,19?,20?,21-,22+/m0/s1. The molecule has 6 atom stereocenters. The van der Waals surface area contributed by atoms with E-state index in [1.54, 1.807) is 24.3 Å². The molecule has 9 nitrogen and oxygen atoms in total. The van der Waals surface area contributed by atoms with Gasteiger partial charge in [0.25, 0.3) is 0 Å². The fraction of sp³-hybridized carbons (Fsp3) is 0.625. The molecule has 3 aliphatic heterocycles. The van der Waals surface area contributed by atoms with Gasteiger partial charge >= 0.3 is 5.97 Å². The van der Waals surface area contributed by atoms with E-state index in [4.69, 9.17) is 23.7 Å². The van der Waals surface area contributed by atoms with Gasteiger partial charge in [-0.15, -0.1) is 0 Å². The summed E-state index contributed by atoms with van der Waals surface area (Å²) in [6, 6.07) is 6.99. The number of likely N-dealkylation sites (tertiary alicyclic amines) is 1. The molecule has 2 amide bonds. The SMILES string of the molecule is CC(C)COc1ccc(OCC(=O)O[C@@H]2C3OC(C4C(=O)N(C)C(=O)C43)[C@@H]2OC(C)C)cc1. The molecule has 1 aromatic carbocycles. The van der Waals surface area contributed by atoms with E-state index in [0.29, 0.717) is 18.3 Å². The zero-order valence-corrected chi connectivity index (χ0v) is 19.6. The second-order valence-electron chi connectivity index (χ2n) is 9.42. The Bertz CT molecular complexity index is 898. The Morgan fingerprint density at radius 1 is 0.939 bits per heavy atom. The lowest BCUT2D eigenvalue weighted by Crippen LogP contribution is -2.51. The lowest BCUT2D eigenvalue weighted by Gasteiger charge is -2.33. The number of hydrogen-bond acceptors (Lipinski definition) is 8. The van der Waals surface area contributed by atoms with Gasteiger partial charge in [-0.2, -0.15) is 0 Å². The van der Waals surface area contributed by atoms with E-state index in [1.165, 1.54) is 7.05 Å². The maximum atomic E-state index is 12.6. The fourth-order valence-corrected chi connectivity index (χ4v) is 4.67. The van der Waals surface area contributed by atoms with Crippen molar-refractivity contribution in [3.63, 3.8) is 0 Å². The highest BCUT2D eigenvalue weighted by molar-refractivity contribution is 6.06. The first kappa shape index (κ1) is 23.5. The first-order chi connectivity index (χ1) is 15.7. The molecule has 1 aromatic rings. The molecule has 0 aromatic heterocycles. The summed E-state index contributed by atoms with van der Waals surface area (Å²) in [5, 5.41) is 0. The molecule has 0 radical (unpaired) electrons. The second-order valence-corrected chi connectivity index (χ2v) is 9.42. The highest BCUT2D eigenvalue weighted by Crippen LogP contribution is 2.50. The van der Waals surface area contributed by atoms with Crippen molar-refractivity contribution < 1.29 is 38.1 Å². The quantitative estimate of drug-likeness (QED) is 0.406. The van der Waals surface area contributed by atoms with Gasteiger partial charge in [0.2, 0.25) is 11.8 Å². The molecule has 33 heavy (non-hydrogen) atoms. The summed E-state index contributed by atoms with van der Waals surface area (Å²) in [6.07, 6.45) is -2.92. The fourth-order valence-electron chi connectivity index (χ4n) is 4.67. The number of imide groups is 1. The summed E-state index contributed by atoms with van der Waals surface area (Å²) in [5.41, 5.74) is 0. The van der Waals surface area contributed by atoms with E-state index < -0.39 is 42.2 Å². The van der Waals surface area contributed by atoms with Gasteiger partial charge in [-0.3, -0.25) is 14.5 Å². The molecule has 180 valence electrons. The van der Waals surface area contributed by atoms with Crippen LogP contribution in [0.15, 0.2) is 24.3 Å². The molecule has 4 unspecified atom stereocenters. The number of carbonyl (C=O) groups is 3. The Morgan fingerprint density at radius 3 is 2.03 bits per heavy atom. The summed E-state index contributed by atoms with van der Waals surface area (Å²) in [6.45, 7) is 8.15. The summed E-state index contributed by atoms with van der Waals surface area (Å²) in [7, 11) is 1.47. The van der Waals surface area contributed by atoms with Crippen LogP contribution in [-0.4, -0.2) is 73.5 Å². The van der Waals surface area contributed by atoms with Crippen LogP contribution in [0, 0.1) is 17.8 Å². The number of esters is 1. The zero-order chi connectivity index (χ0) is 23.9. The third-order valence-corrected chi connectivity index (χ3v) is 6.07. The van der Waals surface area contributed by atoms with Crippen molar-refractivity contribution in [3.8, 4) is 11.5 Å². The number of ether oxygens (including phenoxy) is 5. The molecular weight excluding hydrogens is 430 g/mol. The predicted molar refractivity (Wildman–Crippen MR) is 116 cm³/mol. The lowest BCUT2D eigenvalue weighted by atomic mass is 9.77. The van der Waals surface area contributed by atoms with Crippen LogP contribution >= 0.6 is 0 Å². The molecule has 3 aliphatic rings. The Labute approximate surface area is 193 Å². The number of benzene rings is 1. The van der Waals surface area contributed by atoms with Crippen LogP contribution in [-0.2, 0) is 28.6 Å². The molecule has 0 N–H and O–H groups in total. The summed E-state index contributed by atoms with van der Waals surface area (Å²) >= 11 is 0. The average molecular weight is 462 g/mol. The number of nitrogens with zero attached hydrogens (tertiary/aromatic N) is 1.